The van der Waals surface area contributed by atoms with E-state index in [0.29, 0.717) is 11.3 Å². The van der Waals surface area contributed by atoms with Gasteiger partial charge < -0.3 is 14.8 Å². The van der Waals surface area contributed by atoms with Crippen LogP contribution in [0.5, 0.6) is 0 Å². The van der Waals surface area contributed by atoms with Crippen molar-refractivity contribution in [3.05, 3.63) is 27.3 Å². The van der Waals surface area contributed by atoms with Crippen LogP contribution in [0.25, 0.3) is 0 Å². The molecule has 19 heavy (non-hydrogen) atoms. The Balaban J connectivity index is 2.37. The number of Topliss-reactive ketones (excluding diaryl/α,β-unsaturated/α-hetero) is 1. The van der Waals surface area contributed by atoms with Crippen LogP contribution in [-0.4, -0.2) is 31.1 Å². The lowest BCUT2D eigenvalue weighted by molar-refractivity contribution is -0.117. The second-order valence-electron chi connectivity index (χ2n) is 3.87. The van der Waals surface area contributed by atoms with Gasteiger partial charge in [0.25, 0.3) is 0 Å². The molecule has 1 N–H and O–H groups in total. The lowest BCUT2D eigenvalue weighted by atomic mass is 10.0. The molecule has 1 aromatic rings. The van der Waals surface area contributed by atoms with E-state index in [1.165, 1.54) is 0 Å². The fourth-order valence-corrected chi connectivity index (χ4v) is 2.22. The topological polar surface area (TPSA) is 81.7 Å². The van der Waals surface area contributed by atoms with E-state index in [9.17, 15) is 14.4 Å². The Morgan fingerprint density at radius 1 is 1.42 bits per heavy atom. The Morgan fingerprint density at radius 3 is 2.84 bits per heavy atom. The number of methoxy groups -OCH3 is 1. The van der Waals surface area contributed by atoms with Crippen LogP contribution in [0.15, 0.2) is 18.2 Å². The van der Waals surface area contributed by atoms with E-state index in [0.717, 1.165) is 10.7 Å². The lowest BCUT2D eigenvalue weighted by Crippen LogP contribution is -2.29. The van der Waals surface area contributed by atoms with Crippen molar-refractivity contribution in [1.29, 1.82) is 0 Å². The van der Waals surface area contributed by atoms with Gasteiger partial charge in [0.2, 0.25) is 11.7 Å². The Labute approximate surface area is 122 Å². The van der Waals surface area contributed by atoms with Crippen LogP contribution in [0.2, 0.25) is 0 Å². The number of fused-ring (bicyclic) bond motifs is 1. The zero-order valence-electron chi connectivity index (χ0n) is 9.94. The summed E-state index contributed by atoms with van der Waals surface area (Å²) in [5.41, 5.74) is 0.748. The smallest absolute Gasteiger partial charge is 0.438 e. The summed E-state index contributed by atoms with van der Waals surface area (Å²) in [6, 6.07) is 5.05. The van der Waals surface area contributed by atoms with E-state index >= 15 is 0 Å². The number of nitrogens with one attached hydrogen (secondary N) is 1. The number of rotatable bonds is 1. The van der Waals surface area contributed by atoms with Gasteiger partial charge in [-0.2, -0.15) is 0 Å². The zero-order chi connectivity index (χ0) is 14.0. The van der Waals surface area contributed by atoms with Crippen molar-refractivity contribution in [2.45, 2.75) is 12.5 Å². The third kappa shape index (κ3) is 3.03. The highest BCUT2D eigenvalue weighted by molar-refractivity contribution is 14.1. The zero-order valence-corrected chi connectivity index (χ0v) is 12.1. The highest BCUT2D eigenvalue weighted by Crippen LogP contribution is 2.25. The van der Waals surface area contributed by atoms with E-state index in [1.54, 1.807) is 18.2 Å². The normalized spacial score (nSPS) is 18.1. The number of benzene rings is 1. The first-order valence-corrected chi connectivity index (χ1v) is 6.47. The van der Waals surface area contributed by atoms with E-state index in [4.69, 9.17) is 4.74 Å². The number of ketones is 1. The summed E-state index contributed by atoms with van der Waals surface area (Å²) in [5.74, 6) is -0.806. The van der Waals surface area contributed by atoms with Crippen LogP contribution >= 0.6 is 22.6 Å². The average molecular weight is 375 g/mol. The van der Waals surface area contributed by atoms with Gasteiger partial charge in [-0.25, -0.2) is 4.79 Å². The van der Waals surface area contributed by atoms with Gasteiger partial charge in [-0.3, -0.25) is 9.59 Å². The monoisotopic (exact) mass is 375 g/mol. The van der Waals surface area contributed by atoms with Gasteiger partial charge in [0, 0.05) is 9.13 Å². The van der Waals surface area contributed by atoms with Crippen LogP contribution in [0.1, 0.15) is 16.8 Å². The summed E-state index contributed by atoms with van der Waals surface area (Å²) in [4.78, 5) is 35.0. The molecule has 6 nitrogen and oxygen atoms in total. The van der Waals surface area contributed by atoms with Crippen molar-refractivity contribution in [2.24, 2.45) is 0 Å². The number of halogens is 1. The van der Waals surface area contributed by atoms with E-state index in [1.807, 2.05) is 0 Å². The number of hydrogen-bond donors (Lipinski definition) is 1. The largest absolute Gasteiger partial charge is 0.508 e. The molecule has 2 rings (SSSR count). The van der Waals surface area contributed by atoms with Crippen LogP contribution in [0.4, 0.5) is 10.5 Å². The second-order valence-corrected chi connectivity index (χ2v) is 5.11. The number of amides is 1. The molecule has 0 spiro atoms. The quantitative estimate of drug-likeness (QED) is 0.600. The summed E-state index contributed by atoms with van der Waals surface area (Å²) < 4.78 is 10.0. The molecule has 7 heteroatoms. The van der Waals surface area contributed by atoms with E-state index < -0.39 is 18.0 Å². The molecule has 1 aromatic carbocycles. The number of ether oxygens (including phenoxy) is 2. The maximum atomic E-state index is 12.3. The SMILES string of the molecule is COC(=O)OC1CC(=O)Nc2ccc(I)cc2C1=O. The predicted molar refractivity (Wildman–Crippen MR) is 74.0 cm³/mol. The van der Waals surface area contributed by atoms with Gasteiger partial charge >= 0.3 is 6.16 Å². The number of hydrogen-bond acceptors (Lipinski definition) is 5. The molecule has 0 radical (unpaired) electrons. The molecule has 100 valence electrons. The van der Waals surface area contributed by atoms with Crippen molar-refractivity contribution in [3.63, 3.8) is 0 Å². The van der Waals surface area contributed by atoms with Crippen molar-refractivity contribution in [1.82, 2.24) is 0 Å². The van der Waals surface area contributed by atoms with Crippen molar-refractivity contribution in [2.75, 3.05) is 12.4 Å². The third-order valence-electron chi connectivity index (χ3n) is 2.59. The van der Waals surface area contributed by atoms with E-state index in [-0.39, 0.29) is 12.3 Å². The van der Waals surface area contributed by atoms with Crippen LogP contribution in [0.3, 0.4) is 0 Å². The van der Waals surface area contributed by atoms with Gasteiger partial charge in [0.05, 0.1) is 19.2 Å². The molecule has 0 saturated carbocycles. The van der Waals surface area contributed by atoms with Gasteiger partial charge in [-0.15, -0.1) is 0 Å². The third-order valence-corrected chi connectivity index (χ3v) is 3.26. The summed E-state index contributed by atoms with van der Waals surface area (Å²) >= 11 is 2.06. The highest BCUT2D eigenvalue weighted by Gasteiger charge is 2.32. The van der Waals surface area contributed by atoms with E-state index in [2.05, 4.69) is 32.6 Å². The molecular weight excluding hydrogens is 365 g/mol. The molecule has 0 fully saturated rings. The van der Waals surface area contributed by atoms with Gasteiger partial charge in [-0.1, -0.05) is 0 Å². The second kappa shape index (κ2) is 5.55. The molecule has 0 saturated heterocycles. The first-order valence-electron chi connectivity index (χ1n) is 5.39. The molecule has 1 amide bonds. The Morgan fingerprint density at radius 2 is 2.16 bits per heavy atom. The number of anilines is 1. The summed E-state index contributed by atoms with van der Waals surface area (Å²) in [6.07, 6.45) is -2.37. The standard InChI is InChI=1S/C12H10INO5/c1-18-12(17)19-9-5-10(15)14-8-3-2-6(13)4-7(8)11(9)16/h2-4,9H,5H2,1H3,(H,14,15). The first-order chi connectivity index (χ1) is 9.01. The van der Waals surface area contributed by atoms with Gasteiger partial charge in [0.15, 0.2) is 6.10 Å². The fourth-order valence-electron chi connectivity index (χ4n) is 1.72. The summed E-state index contributed by atoms with van der Waals surface area (Å²) in [6.45, 7) is 0. The molecule has 1 atom stereocenters. The van der Waals surface area contributed by atoms with Crippen molar-refractivity contribution < 1.29 is 23.9 Å². The van der Waals surface area contributed by atoms with Gasteiger partial charge in [-0.05, 0) is 40.8 Å². The average Bonchev–Trinajstić information content (AvgIpc) is 2.48. The minimum Gasteiger partial charge on any atom is -0.438 e. The number of carbonyl (C=O) groups excluding carboxylic acids is 3. The summed E-state index contributed by atoms with van der Waals surface area (Å²) in [5, 5.41) is 2.61. The maximum Gasteiger partial charge on any atom is 0.508 e. The highest BCUT2D eigenvalue weighted by atomic mass is 127. The van der Waals surface area contributed by atoms with Crippen molar-refractivity contribution in [3.8, 4) is 0 Å². The molecule has 0 aliphatic carbocycles. The minimum absolute atomic E-state index is 0.223. The molecule has 1 aliphatic heterocycles. The molecule has 1 heterocycles. The maximum absolute atomic E-state index is 12.3. The molecule has 0 aromatic heterocycles. The molecule has 1 aliphatic rings. The minimum atomic E-state index is -1.16. The fraction of sp³-hybridized carbons (Fsp3) is 0.250. The summed E-state index contributed by atoms with van der Waals surface area (Å²) in [7, 11) is 1.14. The predicted octanol–water partition coefficient (Wildman–Crippen LogP) is 1.97. The van der Waals surface area contributed by atoms with Gasteiger partial charge in [0.1, 0.15) is 0 Å². The first kappa shape index (κ1) is 13.8. The Bertz CT molecular complexity index is 555. The Hall–Kier alpha value is -1.64. The van der Waals surface area contributed by atoms with Crippen molar-refractivity contribution >= 4 is 46.1 Å². The number of carbonyl (C=O) groups is 3. The Kier molecular flexibility index (Phi) is 4.03. The van der Waals surface area contributed by atoms with Crippen LogP contribution in [-0.2, 0) is 14.3 Å². The molecule has 0 bridgehead atoms. The lowest BCUT2D eigenvalue weighted by Gasteiger charge is -2.12. The van der Waals surface area contributed by atoms with Crippen LogP contribution in [0, 0.1) is 3.57 Å². The van der Waals surface area contributed by atoms with Crippen LogP contribution < -0.4 is 5.32 Å². The molecular formula is C12H10INO5. The molecule has 1 unspecified atom stereocenters.